The number of aryl methyl sites for hydroxylation is 2. The van der Waals surface area contributed by atoms with Gasteiger partial charge in [-0.1, -0.05) is 35.3 Å². The average molecular weight is 533 g/mol. The Morgan fingerprint density at radius 3 is 2.44 bits per heavy atom. The van der Waals surface area contributed by atoms with Crippen LogP contribution in [0.3, 0.4) is 0 Å². The number of nitrogens with zero attached hydrogens (tertiary/aromatic N) is 2. The average Bonchev–Trinajstić information content (AvgIpc) is 2.89. The normalized spacial score (nSPS) is 20.3. The summed E-state index contributed by atoms with van der Waals surface area (Å²) in [6.45, 7) is 4.82. The first-order valence-electron chi connectivity index (χ1n) is 12.7. The van der Waals surface area contributed by atoms with E-state index in [1.807, 2.05) is 53.1 Å². The van der Waals surface area contributed by atoms with Crippen LogP contribution < -0.4 is 4.74 Å². The van der Waals surface area contributed by atoms with Crippen LogP contribution in [-0.4, -0.2) is 66.6 Å². The van der Waals surface area contributed by atoms with Crippen molar-refractivity contribution < 1.29 is 19.1 Å². The van der Waals surface area contributed by atoms with Crippen LogP contribution >= 0.6 is 23.2 Å². The van der Waals surface area contributed by atoms with Crippen LogP contribution in [0.2, 0.25) is 10.0 Å². The number of halogens is 2. The van der Waals surface area contributed by atoms with Crippen LogP contribution in [0.4, 0.5) is 0 Å². The van der Waals surface area contributed by atoms with E-state index < -0.39 is 5.60 Å². The van der Waals surface area contributed by atoms with E-state index in [0.717, 1.165) is 43.5 Å². The molecule has 0 bridgehead atoms. The van der Waals surface area contributed by atoms with Gasteiger partial charge in [0.2, 0.25) is 11.8 Å². The zero-order chi connectivity index (χ0) is 25.5. The number of carbonyl (C=O) groups is 2. The zero-order valence-corrected chi connectivity index (χ0v) is 22.3. The van der Waals surface area contributed by atoms with Crippen molar-refractivity contribution in [2.75, 3.05) is 39.4 Å². The maximum absolute atomic E-state index is 13.3. The van der Waals surface area contributed by atoms with Crippen molar-refractivity contribution in [3.05, 3.63) is 63.6 Å². The van der Waals surface area contributed by atoms with Gasteiger partial charge in [0.15, 0.2) is 0 Å². The lowest BCUT2D eigenvalue weighted by Crippen LogP contribution is -2.58. The molecule has 2 heterocycles. The van der Waals surface area contributed by atoms with E-state index in [0.29, 0.717) is 48.3 Å². The largest absolute Gasteiger partial charge is 0.490 e. The summed E-state index contributed by atoms with van der Waals surface area (Å²) in [6.07, 6.45) is 4.40. The Labute approximate surface area is 223 Å². The van der Waals surface area contributed by atoms with Gasteiger partial charge in [-0.25, -0.2) is 0 Å². The molecule has 2 fully saturated rings. The smallest absolute Gasteiger partial charge is 0.225 e. The highest BCUT2D eigenvalue weighted by molar-refractivity contribution is 6.31. The molecular formula is C28H34Cl2N2O4. The second-order valence-electron chi connectivity index (χ2n) is 9.79. The van der Waals surface area contributed by atoms with Crippen molar-refractivity contribution in [2.45, 2.75) is 51.0 Å². The van der Waals surface area contributed by atoms with Gasteiger partial charge in [-0.2, -0.15) is 0 Å². The van der Waals surface area contributed by atoms with E-state index >= 15 is 0 Å². The monoisotopic (exact) mass is 532 g/mol. The van der Waals surface area contributed by atoms with Crippen molar-refractivity contribution in [1.82, 2.24) is 9.80 Å². The Balaban J connectivity index is 1.45. The van der Waals surface area contributed by atoms with E-state index in [1.165, 1.54) is 0 Å². The first-order valence-corrected chi connectivity index (χ1v) is 13.4. The van der Waals surface area contributed by atoms with Crippen LogP contribution in [0.5, 0.6) is 5.75 Å². The molecule has 2 aromatic rings. The van der Waals surface area contributed by atoms with Gasteiger partial charge in [-0.05, 0) is 74.1 Å². The van der Waals surface area contributed by atoms with E-state index in [2.05, 4.69) is 0 Å². The van der Waals surface area contributed by atoms with Crippen LogP contribution in [-0.2, 0) is 20.7 Å². The molecule has 194 valence electrons. The Morgan fingerprint density at radius 1 is 0.972 bits per heavy atom. The lowest BCUT2D eigenvalue weighted by Gasteiger charge is -2.43. The predicted molar refractivity (Wildman–Crippen MR) is 142 cm³/mol. The molecule has 2 aliphatic heterocycles. The maximum Gasteiger partial charge on any atom is 0.225 e. The molecule has 8 heteroatoms. The molecule has 6 nitrogen and oxygen atoms in total. The maximum atomic E-state index is 13.3. The summed E-state index contributed by atoms with van der Waals surface area (Å²) in [5.41, 5.74) is 1.07. The number of rotatable bonds is 8. The summed E-state index contributed by atoms with van der Waals surface area (Å²) in [5, 5.41) is 1.35. The number of benzene rings is 2. The number of ether oxygens (including phenoxy) is 2. The minimum Gasteiger partial charge on any atom is -0.490 e. The molecule has 36 heavy (non-hydrogen) atoms. The Hall–Kier alpha value is -2.28. The first kappa shape index (κ1) is 26.8. The van der Waals surface area contributed by atoms with Crippen molar-refractivity contribution in [2.24, 2.45) is 0 Å². The fourth-order valence-electron chi connectivity index (χ4n) is 4.82. The second-order valence-corrected chi connectivity index (χ2v) is 10.6. The molecule has 0 spiro atoms. The second kappa shape index (κ2) is 12.3. The summed E-state index contributed by atoms with van der Waals surface area (Å²) in [7, 11) is 0. The molecule has 1 unspecified atom stereocenters. The Kier molecular flexibility index (Phi) is 9.15. The van der Waals surface area contributed by atoms with Gasteiger partial charge in [0, 0.05) is 36.1 Å². The molecule has 2 aromatic carbocycles. The molecule has 0 aliphatic carbocycles. The fourth-order valence-corrected chi connectivity index (χ4v) is 5.06. The third-order valence-electron chi connectivity index (χ3n) is 6.96. The number of piperidine rings is 1. The molecule has 1 atom stereocenters. The summed E-state index contributed by atoms with van der Waals surface area (Å²) in [4.78, 5) is 30.2. The number of carbonyl (C=O) groups excluding carboxylic acids is 2. The van der Waals surface area contributed by atoms with Gasteiger partial charge in [-0.3, -0.25) is 9.59 Å². The predicted octanol–water partition coefficient (Wildman–Crippen LogP) is 5.31. The third kappa shape index (κ3) is 7.15. The van der Waals surface area contributed by atoms with Gasteiger partial charge in [0.25, 0.3) is 0 Å². The molecule has 0 aromatic heterocycles. The molecule has 0 N–H and O–H groups in total. The molecule has 2 amide bonds. The highest BCUT2D eigenvalue weighted by Gasteiger charge is 2.42. The summed E-state index contributed by atoms with van der Waals surface area (Å²) < 4.78 is 12.4. The summed E-state index contributed by atoms with van der Waals surface area (Å²) in [5.74, 6) is 0.767. The van der Waals surface area contributed by atoms with Crippen molar-refractivity contribution in [3.8, 4) is 5.75 Å². The van der Waals surface area contributed by atoms with E-state index in [9.17, 15) is 9.59 Å². The molecule has 0 saturated carbocycles. The van der Waals surface area contributed by atoms with E-state index in [1.54, 1.807) is 6.07 Å². The zero-order valence-electron chi connectivity index (χ0n) is 20.8. The van der Waals surface area contributed by atoms with E-state index in [-0.39, 0.29) is 24.8 Å². The highest BCUT2D eigenvalue weighted by Crippen LogP contribution is 2.28. The minimum absolute atomic E-state index is 0.0467. The lowest BCUT2D eigenvalue weighted by atomic mass is 9.95. The van der Waals surface area contributed by atoms with Crippen molar-refractivity contribution >= 4 is 35.0 Å². The number of hydrogen-bond donors (Lipinski definition) is 0. The lowest BCUT2D eigenvalue weighted by molar-refractivity contribution is -0.166. The van der Waals surface area contributed by atoms with Crippen molar-refractivity contribution in [1.29, 1.82) is 0 Å². The summed E-state index contributed by atoms with van der Waals surface area (Å²) in [6, 6.07) is 13.0. The molecule has 2 saturated heterocycles. The standard InChI is InChI=1S/C28H34Cl2N2O4/c1-21-17-24(10-11-25(21)30)35-20-28(18-27(34)31-13-3-2-4-14-31)19-32(15-16-36-28)26(33)12-7-22-5-8-23(29)9-6-22/h5-6,8-11,17H,2-4,7,12-16,18-20H2,1H3. The SMILES string of the molecule is Cc1cc(OCC2(CC(=O)N3CCCCC3)CN(C(=O)CCc3ccc(Cl)cc3)CCO2)ccc1Cl. The number of amides is 2. The number of morpholine rings is 1. The first-order chi connectivity index (χ1) is 17.3. The molecule has 4 rings (SSSR count). The topological polar surface area (TPSA) is 59.1 Å². The molecule has 0 radical (unpaired) electrons. The number of likely N-dealkylation sites (tertiary alicyclic amines) is 1. The number of hydrogen-bond acceptors (Lipinski definition) is 4. The third-order valence-corrected chi connectivity index (χ3v) is 7.63. The fraction of sp³-hybridized carbons (Fsp3) is 0.500. The quantitative estimate of drug-likeness (QED) is 0.462. The van der Waals surface area contributed by atoms with Crippen LogP contribution in [0.25, 0.3) is 0 Å². The molecule has 2 aliphatic rings. The van der Waals surface area contributed by atoms with E-state index in [4.69, 9.17) is 32.7 Å². The van der Waals surface area contributed by atoms with Gasteiger partial charge >= 0.3 is 0 Å². The van der Waals surface area contributed by atoms with Crippen LogP contribution in [0, 0.1) is 6.92 Å². The van der Waals surface area contributed by atoms with Gasteiger partial charge < -0.3 is 19.3 Å². The van der Waals surface area contributed by atoms with Gasteiger partial charge in [0.05, 0.1) is 19.6 Å². The van der Waals surface area contributed by atoms with Gasteiger partial charge in [0.1, 0.15) is 18.0 Å². The van der Waals surface area contributed by atoms with Crippen LogP contribution in [0.15, 0.2) is 42.5 Å². The minimum atomic E-state index is -0.906. The van der Waals surface area contributed by atoms with Crippen molar-refractivity contribution in [3.63, 3.8) is 0 Å². The summed E-state index contributed by atoms with van der Waals surface area (Å²) >= 11 is 12.1. The highest BCUT2D eigenvalue weighted by atomic mass is 35.5. The molecular weight excluding hydrogens is 499 g/mol. The Morgan fingerprint density at radius 2 is 1.72 bits per heavy atom. The van der Waals surface area contributed by atoms with Crippen LogP contribution in [0.1, 0.15) is 43.2 Å². The van der Waals surface area contributed by atoms with Gasteiger partial charge in [-0.15, -0.1) is 0 Å². The Bertz CT molecular complexity index is 1060.